The smallest absolute Gasteiger partial charge is 0.178 e. The fourth-order valence-electron chi connectivity index (χ4n) is 2.16. The van der Waals surface area contributed by atoms with Gasteiger partial charge in [-0.25, -0.2) is 8.42 Å². The number of aryl methyl sites for hydroxylation is 1. The van der Waals surface area contributed by atoms with Crippen LogP contribution in [0.5, 0.6) is 0 Å². The number of benzene rings is 1. The highest BCUT2D eigenvalue weighted by atomic mass is 32.2. The maximum atomic E-state index is 11.8. The fraction of sp³-hybridized carbons (Fsp3) is 0.571. The Morgan fingerprint density at radius 1 is 1.22 bits per heavy atom. The summed E-state index contributed by atoms with van der Waals surface area (Å²) in [6, 6.07) is 7.27. The zero-order chi connectivity index (χ0) is 13.2. The SMILES string of the molecule is CCC1OC1CCc1cccc(S(=O)(=O)CC)c1. The second-order valence-electron chi connectivity index (χ2n) is 4.71. The van der Waals surface area contributed by atoms with E-state index in [2.05, 4.69) is 6.92 Å². The summed E-state index contributed by atoms with van der Waals surface area (Å²) in [5.74, 6) is 0.153. The molecule has 4 heteroatoms. The summed E-state index contributed by atoms with van der Waals surface area (Å²) in [5.41, 5.74) is 1.08. The van der Waals surface area contributed by atoms with Gasteiger partial charge < -0.3 is 4.74 Å². The van der Waals surface area contributed by atoms with E-state index in [4.69, 9.17) is 4.74 Å². The van der Waals surface area contributed by atoms with E-state index in [1.165, 1.54) is 0 Å². The Balaban J connectivity index is 2.00. The number of hydrogen-bond acceptors (Lipinski definition) is 3. The van der Waals surface area contributed by atoms with Crippen LogP contribution in [0, 0.1) is 0 Å². The van der Waals surface area contributed by atoms with E-state index in [9.17, 15) is 8.42 Å². The van der Waals surface area contributed by atoms with Crippen molar-refractivity contribution >= 4 is 9.84 Å². The summed E-state index contributed by atoms with van der Waals surface area (Å²) >= 11 is 0. The third-order valence-electron chi connectivity index (χ3n) is 3.45. The Bertz CT molecular complexity index is 508. The van der Waals surface area contributed by atoms with E-state index in [1.54, 1.807) is 19.1 Å². The number of sulfone groups is 1. The van der Waals surface area contributed by atoms with Crippen molar-refractivity contribution in [3.8, 4) is 0 Å². The summed E-state index contributed by atoms with van der Waals surface area (Å²) in [6.07, 6.45) is 3.73. The van der Waals surface area contributed by atoms with Crippen molar-refractivity contribution in [1.29, 1.82) is 0 Å². The van der Waals surface area contributed by atoms with Crippen molar-refractivity contribution < 1.29 is 13.2 Å². The highest BCUT2D eigenvalue weighted by Gasteiger charge is 2.35. The quantitative estimate of drug-likeness (QED) is 0.745. The maximum Gasteiger partial charge on any atom is 0.178 e. The Morgan fingerprint density at radius 3 is 2.61 bits per heavy atom. The topological polar surface area (TPSA) is 46.7 Å². The molecule has 0 aliphatic carbocycles. The molecule has 1 heterocycles. The second kappa shape index (κ2) is 5.41. The van der Waals surface area contributed by atoms with Crippen LogP contribution < -0.4 is 0 Å². The Morgan fingerprint density at radius 2 is 2.00 bits per heavy atom. The van der Waals surface area contributed by atoms with Crippen LogP contribution in [0.3, 0.4) is 0 Å². The molecule has 2 unspecified atom stereocenters. The maximum absolute atomic E-state index is 11.8. The molecule has 1 fully saturated rings. The van der Waals surface area contributed by atoms with Crippen LogP contribution in [0.2, 0.25) is 0 Å². The average Bonchev–Trinajstić information content (AvgIpc) is 3.15. The second-order valence-corrected chi connectivity index (χ2v) is 6.99. The van der Waals surface area contributed by atoms with Crippen LogP contribution in [-0.4, -0.2) is 26.4 Å². The predicted molar refractivity (Wildman–Crippen MR) is 71.4 cm³/mol. The van der Waals surface area contributed by atoms with Gasteiger partial charge in [0, 0.05) is 0 Å². The van der Waals surface area contributed by atoms with Gasteiger partial charge in [-0.05, 0) is 37.0 Å². The van der Waals surface area contributed by atoms with Gasteiger partial charge in [0.2, 0.25) is 0 Å². The molecule has 0 saturated carbocycles. The number of ether oxygens (including phenoxy) is 1. The first kappa shape index (κ1) is 13.6. The van der Waals surface area contributed by atoms with Gasteiger partial charge in [-0.1, -0.05) is 26.0 Å². The number of epoxide rings is 1. The van der Waals surface area contributed by atoms with Crippen LogP contribution in [0.1, 0.15) is 32.3 Å². The predicted octanol–water partition coefficient (Wildman–Crippen LogP) is 2.59. The summed E-state index contributed by atoms with van der Waals surface area (Å²) in [4.78, 5) is 0.436. The molecular weight excluding hydrogens is 248 g/mol. The lowest BCUT2D eigenvalue weighted by atomic mass is 10.1. The van der Waals surface area contributed by atoms with E-state index in [-0.39, 0.29) is 5.75 Å². The largest absolute Gasteiger partial charge is 0.370 e. The molecule has 100 valence electrons. The minimum Gasteiger partial charge on any atom is -0.370 e. The summed E-state index contributed by atoms with van der Waals surface area (Å²) in [5, 5.41) is 0. The molecule has 0 bridgehead atoms. The minimum atomic E-state index is -3.09. The average molecular weight is 268 g/mol. The molecule has 0 radical (unpaired) electrons. The van der Waals surface area contributed by atoms with Gasteiger partial charge in [-0.3, -0.25) is 0 Å². The van der Waals surface area contributed by atoms with Crippen molar-refractivity contribution in [2.45, 2.75) is 50.2 Å². The molecule has 2 atom stereocenters. The zero-order valence-corrected chi connectivity index (χ0v) is 11.7. The minimum absolute atomic E-state index is 0.153. The van der Waals surface area contributed by atoms with E-state index < -0.39 is 9.84 Å². The van der Waals surface area contributed by atoms with E-state index >= 15 is 0 Å². The first-order valence-electron chi connectivity index (χ1n) is 6.54. The van der Waals surface area contributed by atoms with Crippen molar-refractivity contribution in [3.63, 3.8) is 0 Å². The Kier molecular flexibility index (Phi) is 4.07. The molecule has 0 aromatic heterocycles. The molecule has 1 saturated heterocycles. The van der Waals surface area contributed by atoms with E-state index in [0.29, 0.717) is 17.1 Å². The first-order chi connectivity index (χ1) is 8.56. The molecule has 1 aromatic carbocycles. The van der Waals surface area contributed by atoms with Gasteiger partial charge in [0.05, 0.1) is 22.9 Å². The van der Waals surface area contributed by atoms with Crippen LogP contribution in [0.25, 0.3) is 0 Å². The van der Waals surface area contributed by atoms with Gasteiger partial charge in [0.1, 0.15) is 0 Å². The van der Waals surface area contributed by atoms with Gasteiger partial charge in [-0.2, -0.15) is 0 Å². The van der Waals surface area contributed by atoms with E-state index in [1.807, 2.05) is 12.1 Å². The highest BCUT2D eigenvalue weighted by molar-refractivity contribution is 7.91. The third kappa shape index (κ3) is 3.12. The summed E-state index contributed by atoms with van der Waals surface area (Å²) in [6.45, 7) is 3.80. The molecule has 0 amide bonds. The standard InChI is InChI=1S/C14H20O3S/c1-3-13-14(17-13)9-8-11-6-5-7-12(10-11)18(15,16)4-2/h5-7,10,13-14H,3-4,8-9H2,1-2H3. The lowest BCUT2D eigenvalue weighted by molar-refractivity contribution is 0.360. The molecule has 1 aromatic rings. The number of rotatable bonds is 6. The third-order valence-corrected chi connectivity index (χ3v) is 5.18. The lowest BCUT2D eigenvalue weighted by Crippen LogP contribution is -2.04. The Labute approximate surface area is 109 Å². The van der Waals surface area contributed by atoms with E-state index in [0.717, 1.165) is 24.8 Å². The van der Waals surface area contributed by atoms with Crippen molar-refractivity contribution in [2.75, 3.05) is 5.75 Å². The van der Waals surface area contributed by atoms with Crippen molar-refractivity contribution in [3.05, 3.63) is 29.8 Å². The van der Waals surface area contributed by atoms with Gasteiger partial charge >= 0.3 is 0 Å². The fourth-order valence-corrected chi connectivity index (χ4v) is 3.11. The molecule has 0 spiro atoms. The molecule has 1 aliphatic heterocycles. The van der Waals surface area contributed by atoms with Gasteiger partial charge in [-0.15, -0.1) is 0 Å². The van der Waals surface area contributed by atoms with Crippen LogP contribution in [0.4, 0.5) is 0 Å². The van der Waals surface area contributed by atoms with Crippen molar-refractivity contribution in [1.82, 2.24) is 0 Å². The molecule has 3 nitrogen and oxygen atoms in total. The summed E-state index contributed by atoms with van der Waals surface area (Å²) in [7, 11) is -3.09. The Hall–Kier alpha value is -0.870. The van der Waals surface area contributed by atoms with Crippen molar-refractivity contribution in [2.24, 2.45) is 0 Å². The molecular formula is C14H20O3S. The van der Waals surface area contributed by atoms with Gasteiger partial charge in [0.15, 0.2) is 9.84 Å². The molecule has 2 rings (SSSR count). The molecule has 1 aliphatic rings. The van der Waals surface area contributed by atoms with Crippen LogP contribution >= 0.6 is 0 Å². The molecule has 18 heavy (non-hydrogen) atoms. The highest BCUT2D eigenvalue weighted by Crippen LogP contribution is 2.29. The monoisotopic (exact) mass is 268 g/mol. The van der Waals surface area contributed by atoms with Crippen LogP contribution in [-0.2, 0) is 21.0 Å². The van der Waals surface area contributed by atoms with Gasteiger partial charge in [0.25, 0.3) is 0 Å². The van der Waals surface area contributed by atoms with Crippen LogP contribution in [0.15, 0.2) is 29.2 Å². The summed E-state index contributed by atoms with van der Waals surface area (Å²) < 4.78 is 29.0. The first-order valence-corrected chi connectivity index (χ1v) is 8.19. The lowest BCUT2D eigenvalue weighted by Gasteiger charge is -2.04. The number of hydrogen-bond donors (Lipinski definition) is 0. The zero-order valence-electron chi connectivity index (χ0n) is 10.9. The molecule has 0 N–H and O–H groups in total. The normalized spacial score (nSPS) is 23.0.